The highest BCUT2D eigenvalue weighted by molar-refractivity contribution is 5.81. The third kappa shape index (κ3) is 4.15. The molecule has 0 amide bonds. The Hall–Kier alpha value is -1.42. The van der Waals surface area contributed by atoms with E-state index in [0.717, 1.165) is 0 Å². The predicted octanol–water partition coefficient (Wildman–Crippen LogP) is 1.65. The Morgan fingerprint density at radius 1 is 1.41 bits per heavy atom. The van der Waals surface area contributed by atoms with Gasteiger partial charge in [0, 0.05) is 6.92 Å². The summed E-state index contributed by atoms with van der Waals surface area (Å²) in [5.41, 5.74) is 0. The number of rotatable bonds is 5. The summed E-state index contributed by atoms with van der Waals surface area (Å²) < 4.78 is 10.6. The molecule has 0 spiro atoms. The van der Waals surface area contributed by atoms with Crippen molar-refractivity contribution in [2.45, 2.75) is 32.5 Å². The Labute approximate surface area is 101 Å². The maximum Gasteiger partial charge on any atom is 0.302 e. The van der Waals surface area contributed by atoms with Gasteiger partial charge in [0.05, 0.1) is 12.0 Å². The largest absolute Gasteiger partial charge is 0.463 e. The molecule has 0 aromatic carbocycles. The van der Waals surface area contributed by atoms with Gasteiger partial charge < -0.3 is 9.47 Å². The van der Waals surface area contributed by atoms with Crippen LogP contribution >= 0.6 is 0 Å². The lowest BCUT2D eigenvalue weighted by atomic mass is 9.94. The van der Waals surface area contributed by atoms with E-state index in [0.29, 0.717) is 6.42 Å². The standard InChI is InChI=1S/C13H18O4/c1-4-5-11-6-7-12(9(2)14)13(17-11)8-16-10(3)15/h4,6-7,11-13H,1,5,8H2,2-3H3/t11-,12-,13-/m1/s1. The second-order valence-corrected chi connectivity index (χ2v) is 4.06. The summed E-state index contributed by atoms with van der Waals surface area (Å²) in [5, 5.41) is 0. The van der Waals surface area contributed by atoms with Crippen LogP contribution in [-0.2, 0) is 19.1 Å². The molecule has 0 aromatic heterocycles. The molecule has 1 rings (SSSR count). The summed E-state index contributed by atoms with van der Waals surface area (Å²) in [7, 11) is 0. The highest BCUT2D eigenvalue weighted by Gasteiger charge is 2.30. The summed E-state index contributed by atoms with van der Waals surface area (Å²) in [4.78, 5) is 22.2. The van der Waals surface area contributed by atoms with Crippen LogP contribution in [0.1, 0.15) is 20.3 Å². The third-order valence-electron chi connectivity index (χ3n) is 2.60. The van der Waals surface area contributed by atoms with Gasteiger partial charge in [0.25, 0.3) is 0 Å². The molecule has 1 aliphatic heterocycles. The number of hydrogen-bond donors (Lipinski definition) is 0. The van der Waals surface area contributed by atoms with Crippen molar-refractivity contribution < 1.29 is 19.1 Å². The number of carbonyl (C=O) groups is 2. The van der Waals surface area contributed by atoms with Crippen molar-refractivity contribution >= 4 is 11.8 Å². The van der Waals surface area contributed by atoms with Crippen LogP contribution in [0.2, 0.25) is 0 Å². The molecule has 0 bridgehead atoms. The Balaban J connectivity index is 2.67. The van der Waals surface area contributed by atoms with E-state index in [1.807, 2.05) is 12.2 Å². The zero-order valence-electron chi connectivity index (χ0n) is 10.2. The minimum Gasteiger partial charge on any atom is -0.463 e. The quantitative estimate of drug-likeness (QED) is 0.540. The van der Waals surface area contributed by atoms with E-state index in [4.69, 9.17) is 9.47 Å². The van der Waals surface area contributed by atoms with Crippen LogP contribution in [0, 0.1) is 5.92 Å². The molecule has 0 aromatic rings. The second kappa shape index (κ2) is 6.35. The van der Waals surface area contributed by atoms with E-state index in [9.17, 15) is 9.59 Å². The fourth-order valence-electron chi connectivity index (χ4n) is 1.76. The smallest absolute Gasteiger partial charge is 0.302 e. The molecule has 0 radical (unpaired) electrons. The monoisotopic (exact) mass is 238 g/mol. The molecule has 0 fully saturated rings. The number of ketones is 1. The molecule has 4 heteroatoms. The van der Waals surface area contributed by atoms with E-state index in [1.165, 1.54) is 13.8 Å². The molecule has 0 unspecified atom stereocenters. The van der Waals surface area contributed by atoms with Gasteiger partial charge in [-0.2, -0.15) is 0 Å². The molecule has 94 valence electrons. The Morgan fingerprint density at radius 2 is 2.12 bits per heavy atom. The van der Waals surface area contributed by atoms with Crippen molar-refractivity contribution in [3.8, 4) is 0 Å². The van der Waals surface area contributed by atoms with E-state index >= 15 is 0 Å². The molecule has 0 saturated carbocycles. The predicted molar refractivity (Wildman–Crippen MR) is 63.4 cm³/mol. The van der Waals surface area contributed by atoms with Gasteiger partial charge in [-0.25, -0.2) is 0 Å². The first-order chi connectivity index (χ1) is 8.04. The summed E-state index contributed by atoms with van der Waals surface area (Å²) in [6.45, 7) is 6.59. The number of hydrogen-bond acceptors (Lipinski definition) is 4. The van der Waals surface area contributed by atoms with Gasteiger partial charge in [0.2, 0.25) is 0 Å². The first kappa shape index (κ1) is 13.6. The first-order valence-electron chi connectivity index (χ1n) is 5.63. The summed E-state index contributed by atoms with van der Waals surface area (Å²) in [5.74, 6) is -0.698. The van der Waals surface area contributed by atoms with Crippen molar-refractivity contribution in [2.24, 2.45) is 5.92 Å². The van der Waals surface area contributed by atoms with Crippen molar-refractivity contribution in [3.05, 3.63) is 24.8 Å². The lowest BCUT2D eigenvalue weighted by Crippen LogP contribution is -2.38. The lowest BCUT2D eigenvalue weighted by Gasteiger charge is -2.30. The number of Topliss-reactive ketones (excluding diaryl/α,β-unsaturated/α-hetero) is 1. The fourth-order valence-corrected chi connectivity index (χ4v) is 1.76. The summed E-state index contributed by atoms with van der Waals surface area (Å²) >= 11 is 0. The minimum absolute atomic E-state index is 0.00968. The van der Waals surface area contributed by atoms with Crippen LogP contribution in [0.3, 0.4) is 0 Å². The molecule has 0 saturated heterocycles. The minimum atomic E-state index is -0.397. The van der Waals surface area contributed by atoms with Crippen LogP contribution < -0.4 is 0 Å². The van der Waals surface area contributed by atoms with Crippen LogP contribution in [0.4, 0.5) is 0 Å². The first-order valence-corrected chi connectivity index (χ1v) is 5.63. The van der Waals surface area contributed by atoms with Gasteiger partial charge in [-0.3, -0.25) is 9.59 Å². The van der Waals surface area contributed by atoms with Gasteiger partial charge in [-0.05, 0) is 13.3 Å². The highest BCUT2D eigenvalue weighted by Crippen LogP contribution is 2.22. The summed E-state index contributed by atoms with van der Waals surface area (Å²) in [6.07, 6.45) is 5.63. The molecule has 1 heterocycles. The van der Waals surface area contributed by atoms with E-state index < -0.39 is 6.10 Å². The zero-order chi connectivity index (χ0) is 12.8. The van der Waals surface area contributed by atoms with Gasteiger partial charge >= 0.3 is 5.97 Å². The average Bonchev–Trinajstić information content (AvgIpc) is 2.26. The third-order valence-corrected chi connectivity index (χ3v) is 2.60. The van der Waals surface area contributed by atoms with Gasteiger partial charge in [-0.1, -0.05) is 18.2 Å². The Morgan fingerprint density at radius 3 is 2.65 bits per heavy atom. The SMILES string of the molecule is C=CC[C@@H]1C=C[C@H](C(C)=O)[C@@H](COC(C)=O)O1. The van der Waals surface area contributed by atoms with Gasteiger partial charge in [0.1, 0.15) is 18.5 Å². The molecule has 0 N–H and O–H groups in total. The number of esters is 1. The van der Waals surface area contributed by atoms with Gasteiger partial charge in [0.15, 0.2) is 0 Å². The van der Waals surface area contributed by atoms with Crippen LogP contribution in [-0.4, -0.2) is 30.6 Å². The lowest BCUT2D eigenvalue weighted by molar-refractivity contribution is -0.150. The van der Waals surface area contributed by atoms with Crippen LogP contribution in [0.15, 0.2) is 24.8 Å². The van der Waals surface area contributed by atoms with Crippen molar-refractivity contribution in [1.82, 2.24) is 0 Å². The molecule has 4 nitrogen and oxygen atoms in total. The van der Waals surface area contributed by atoms with E-state index in [2.05, 4.69) is 6.58 Å². The van der Waals surface area contributed by atoms with Crippen molar-refractivity contribution in [3.63, 3.8) is 0 Å². The molecule has 3 atom stereocenters. The zero-order valence-corrected chi connectivity index (χ0v) is 10.2. The maximum absolute atomic E-state index is 11.4. The molecule has 0 aliphatic carbocycles. The molecular formula is C13H18O4. The van der Waals surface area contributed by atoms with Crippen molar-refractivity contribution in [1.29, 1.82) is 0 Å². The Bertz CT molecular complexity index is 332. The maximum atomic E-state index is 11.4. The highest BCUT2D eigenvalue weighted by atomic mass is 16.6. The molecule has 1 aliphatic rings. The van der Waals surface area contributed by atoms with Crippen molar-refractivity contribution in [2.75, 3.05) is 6.61 Å². The molecule has 17 heavy (non-hydrogen) atoms. The van der Waals surface area contributed by atoms with Crippen LogP contribution in [0.5, 0.6) is 0 Å². The topological polar surface area (TPSA) is 52.6 Å². The van der Waals surface area contributed by atoms with E-state index in [1.54, 1.807) is 6.08 Å². The van der Waals surface area contributed by atoms with Gasteiger partial charge in [-0.15, -0.1) is 6.58 Å². The summed E-state index contributed by atoms with van der Waals surface area (Å²) in [6, 6.07) is 0. The second-order valence-electron chi connectivity index (χ2n) is 4.06. The number of carbonyl (C=O) groups excluding carboxylic acids is 2. The normalized spacial score (nSPS) is 27.5. The molecular weight excluding hydrogens is 220 g/mol. The number of ether oxygens (including phenoxy) is 2. The van der Waals surface area contributed by atoms with Crippen LogP contribution in [0.25, 0.3) is 0 Å². The fraction of sp³-hybridized carbons (Fsp3) is 0.538. The average molecular weight is 238 g/mol. The van der Waals surface area contributed by atoms with E-state index in [-0.39, 0.29) is 30.4 Å². The Kier molecular flexibility index (Phi) is 5.10.